The summed E-state index contributed by atoms with van der Waals surface area (Å²) in [5, 5.41) is 9.04. The van der Waals surface area contributed by atoms with Crippen LogP contribution in [-0.2, 0) is 11.0 Å². The molecule has 0 bridgehead atoms. The second-order valence-electron chi connectivity index (χ2n) is 8.52. The summed E-state index contributed by atoms with van der Waals surface area (Å²) in [6.07, 6.45) is -3.77. The van der Waals surface area contributed by atoms with Gasteiger partial charge in [-0.2, -0.15) is 18.4 Å². The van der Waals surface area contributed by atoms with Crippen LogP contribution in [0, 0.1) is 11.3 Å². The topological polar surface area (TPSA) is 69.5 Å². The Morgan fingerprint density at radius 1 is 1.06 bits per heavy atom. The fraction of sp³-hybridized carbons (Fsp3) is 0.231. The monoisotopic (exact) mass is 510 g/mol. The van der Waals surface area contributed by atoms with Gasteiger partial charge in [0, 0.05) is 5.69 Å². The molecule has 1 saturated heterocycles. The van der Waals surface area contributed by atoms with Gasteiger partial charge >= 0.3 is 6.18 Å². The van der Waals surface area contributed by atoms with Crippen molar-refractivity contribution in [2.75, 3.05) is 16.4 Å². The number of carbonyl (C=O) groups is 1. The van der Waals surface area contributed by atoms with Crippen molar-refractivity contribution in [1.29, 1.82) is 5.26 Å². The van der Waals surface area contributed by atoms with Gasteiger partial charge in [0.15, 0.2) is 10.8 Å². The zero-order chi connectivity index (χ0) is 26.3. The first-order valence-corrected chi connectivity index (χ1v) is 11.4. The number of hydrogen-bond acceptors (Lipinski definition) is 5. The second-order valence-corrected chi connectivity index (χ2v) is 8.89. The van der Waals surface area contributed by atoms with Gasteiger partial charge < -0.3 is 9.64 Å². The van der Waals surface area contributed by atoms with Crippen LogP contribution in [0.3, 0.4) is 0 Å². The van der Waals surface area contributed by atoms with Crippen molar-refractivity contribution in [3.05, 3.63) is 72.1 Å². The third kappa shape index (κ3) is 4.38. The maximum atomic E-state index is 13.5. The van der Waals surface area contributed by atoms with E-state index in [2.05, 4.69) is 4.98 Å². The lowest BCUT2D eigenvalue weighted by atomic mass is 10.0. The van der Waals surface area contributed by atoms with Gasteiger partial charge in [0.2, 0.25) is 0 Å². The highest BCUT2D eigenvalue weighted by molar-refractivity contribution is 7.81. The highest BCUT2D eigenvalue weighted by Gasteiger charge is 2.50. The molecule has 0 unspecified atom stereocenters. The molecule has 36 heavy (non-hydrogen) atoms. The van der Waals surface area contributed by atoms with Crippen molar-refractivity contribution in [3.8, 4) is 22.9 Å². The number of ether oxygens (including phenoxy) is 1. The molecule has 1 amide bonds. The average Bonchev–Trinajstić information content (AvgIpc) is 3.02. The standard InChI is InChI=1S/C26H21F3N4O2S/c1-4-35-20-11-7-17(8-12-20)16-5-9-18(10-6-16)33-24(36)32(23(34)25(33,2)3)19-13-21(26(27,28)29)22(14-30)31-15-19/h5-13,15H,4H2,1-3H3. The number of anilines is 2. The number of carbonyl (C=O) groups excluding carboxylic acids is 1. The zero-order valence-corrected chi connectivity index (χ0v) is 20.4. The van der Waals surface area contributed by atoms with Crippen LogP contribution in [0.15, 0.2) is 60.8 Å². The van der Waals surface area contributed by atoms with Crippen LogP contribution in [0.25, 0.3) is 11.1 Å². The van der Waals surface area contributed by atoms with Crippen molar-refractivity contribution < 1.29 is 22.7 Å². The van der Waals surface area contributed by atoms with Crippen LogP contribution >= 0.6 is 12.2 Å². The molecular weight excluding hydrogens is 489 g/mol. The van der Waals surface area contributed by atoms with Gasteiger partial charge in [-0.1, -0.05) is 24.3 Å². The summed E-state index contributed by atoms with van der Waals surface area (Å²) in [5.41, 5.74) is -0.831. The molecule has 2 aromatic carbocycles. The molecular formula is C26H21F3N4O2S. The first-order valence-electron chi connectivity index (χ1n) is 11.0. The predicted molar refractivity (Wildman–Crippen MR) is 134 cm³/mol. The van der Waals surface area contributed by atoms with Crippen LogP contribution in [-0.4, -0.2) is 28.1 Å². The summed E-state index contributed by atoms with van der Waals surface area (Å²) in [6.45, 7) is 5.77. The van der Waals surface area contributed by atoms with Crippen LogP contribution in [0.1, 0.15) is 32.0 Å². The van der Waals surface area contributed by atoms with E-state index in [1.54, 1.807) is 30.9 Å². The number of amides is 1. The van der Waals surface area contributed by atoms with E-state index in [0.717, 1.165) is 34.0 Å². The van der Waals surface area contributed by atoms with Gasteiger partial charge in [-0.05, 0) is 74.4 Å². The quantitative estimate of drug-likeness (QED) is 0.395. The smallest absolute Gasteiger partial charge is 0.419 e. The Morgan fingerprint density at radius 2 is 1.64 bits per heavy atom. The minimum absolute atomic E-state index is 0.0125. The summed E-state index contributed by atoms with van der Waals surface area (Å²) in [4.78, 5) is 19.6. The minimum Gasteiger partial charge on any atom is -0.494 e. The highest BCUT2D eigenvalue weighted by Crippen LogP contribution is 2.39. The SMILES string of the molecule is CCOc1ccc(-c2ccc(N3C(=S)N(c4cnc(C#N)c(C(F)(F)F)c4)C(=O)C3(C)C)cc2)cc1. The van der Waals surface area contributed by atoms with Crippen molar-refractivity contribution in [2.45, 2.75) is 32.5 Å². The molecule has 0 atom stereocenters. The van der Waals surface area contributed by atoms with Gasteiger partial charge in [0.25, 0.3) is 5.91 Å². The molecule has 0 radical (unpaired) electrons. The van der Waals surface area contributed by atoms with Gasteiger partial charge in [-0.15, -0.1) is 0 Å². The Balaban J connectivity index is 1.67. The van der Waals surface area contributed by atoms with Gasteiger partial charge in [-0.3, -0.25) is 9.69 Å². The van der Waals surface area contributed by atoms with Crippen LogP contribution in [0.5, 0.6) is 5.75 Å². The number of aromatic nitrogens is 1. The van der Waals surface area contributed by atoms with E-state index in [0.29, 0.717) is 12.3 Å². The van der Waals surface area contributed by atoms with Gasteiger partial charge in [0.1, 0.15) is 17.4 Å². The number of alkyl halides is 3. The molecule has 0 saturated carbocycles. The number of pyridine rings is 1. The summed E-state index contributed by atoms with van der Waals surface area (Å²) in [6, 6.07) is 17.1. The Kier molecular flexibility index (Phi) is 6.45. The molecule has 2 heterocycles. The van der Waals surface area contributed by atoms with Crippen LogP contribution < -0.4 is 14.5 Å². The maximum absolute atomic E-state index is 13.5. The molecule has 6 nitrogen and oxygen atoms in total. The van der Waals surface area contributed by atoms with Crippen molar-refractivity contribution in [3.63, 3.8) is 0 Å². The van der Waals surface area contributed by atoms with E-state index in [4.69, 9.17) is 22.2 Å². The maximum Gasteiger partial charge on any atom is 0.419 e. The molecule has 0 N–H and O–H groups in total. The Hall–Kier alpha value is -3.97. The molecule has 1 aliphatic rings. The summed E-state index contributed by atoms with van der Waals surface area (Å²) in [7, 11) is 0. The average molecular weight is 511 g/mol. The first kappa shape index (κ1) is 25.1. The van der Waals surface area contributed by atoms with E-state index in [1.165, 1.54) is 6.07 Å². The highest BCUT2D eigenvalue weighted by atomic mass is 32.1. The number of nitrogens with zero attached hydrogens (tertiary/aromatic N) is 4. The van der Waals surface area contributed by atoms with E-state index < -0.39 is 28.9 Å². The predicted octanol–water partition coefficient (Wildman–Crippen LogP) is 5.95. The van der Waals surface area contributed by atoms with Gasteiger partial charge in [-0.25, -0.2) is 4.98 Å². The number of halogens is 3. The Labute approximate surface area is 211 Å². The third-order valence-electron chi connectivity index (χ3n) is 5.83. The minimum atomic E-state index is -4.82. The molecule has 1 fully saturated rings. The van der Waals surface area contributed by atoms with E-state index in [9.17, 15) is 18.0 Å². The molecule has 4 rings (SSSR count). The molecule has 1 aliphatic heterocycles. The second kappa shape index (κ2) is 9.24. The number of thiocarbonyl (C=S) groups is 1. The first-order chi connectivity index (χ1) is 17.0. The zero-order valence-electron chi connectivity index (χ0n) is 19.6. The lowest BCUT2D eigenvalue weighted by Crippen LogP contribution is -2.44. The van der Waals surface area contributed by atoms with Gasteiger partial charge in [0.05, 0.1) is 24.1 Å². The van der Waals surface area contributed by atoms with E-state index in [1.807, 2.05) is 43.3 Å². The summed E-state index contributed by atoms with van der Waals surface area (Å²) < 4.78 is 45.9. The fourth-order valence-electron chi connectivity index (χ4n) is 4.05. The number of benzene rings is 2. The molecule has 1 aromatic heterocycles. The van der Waals surface area contributed by atoms with E-state index >= 15 is 0 Å². The normalized spacial score (nSPS) is 15.2. The van der Waals surface area contributed by atoms with E-state index in [-0.39, 0.29) is 10.8 Å². The van der Waals surface area contributed by atoms with Crippen LogP contribution in [0.2, 0.25) is 0 Å². The Bertz CT molecular complexity index is 1360. The Morgan fingerprint density at radius 3 is 2.17 bits per heavy atom. The number of hydrogen-bond donors (Lipinski definition) is 0. The number of nitriles is 1. The van der Waals surface area contributed by atoms with Crippen molar-refractivity contribution >= 4 is 34.6 Å². The molecule has 3 aromatic rings. The molecule has 0 aliphatic carbocycles. The molecule has 0 spiro atoms. The third-order valence-corrected chi connectivity index (χ3v) is 6.20. The summed E-state index contributed by atoms with van der Waals surface area (Å²) >= 11 is 5.56. The largest absolute Gasteiger partial charge is 0.494 e. The van der Waals surface area contributed by atoms with Crippen LogP contribution in [0.4, 0.5) is 24.5 Å². The van der Waals surface area contributed by atoms with Crippen molar-refractivity contribution in [2.24, 2.45) is 0 Å². The van der Waals surface area contributed by atoms with Crippen molar-refractivity contribution in [1.82, 2.24) is 4.98 Å². The molecule has 184 valence electrons. The summed E-state index contributed by atoms with van der Waals surface area (Å²) in [5.74, 6) is 0.259. The fourth-order valence-corrected chi connectivity index (χ4v) is 4.57. The lowest BCUT2D eigenvalue weighted by Gasteiger charge is -2.29. The number of rotatable bonds is 5. The molecule has 10 heteroatoms. The lowest BCUT2D eigenvalue weighted by molar-refractivity contribution is -0.138.